The smallest absolute Gasteiger partial charge is 0.412 e. The van der Waals surface area contributed by atoms with Gasteiger partial charge in [0.2, 0.25) is 0 Å². The van der Waals surface area contributed by atoms with Crippen LogP contribution in [0.1, 0.15) is 43.7 Å². The highest BCUT2D eigenvalue weighted by molar-refractivity contribution is 5.94. The van der Waals surface area contributed by atoms with Gasteiger partial charge in [-0.25, -0.2) is 9.59 Å². The number of aromatic amines is 1. The van der Waals surface area contributed by atoms with Crippen molar-refractivity contribution in [2.24, 2.45) is 0 Å². The third-order valence-electron chi connectivity index (χ3n) is 2.39. The van der Waals surface area contributed by atoms with Crippen LogP contribution in [0.2, 0.25) is 0 Å². The van der Waals surface area contributed by atoms with E-state index in [-0.39, 0.29) is 18.9 Å². The van der Waals surface area contributed by atoms with Gasteiger partial charge in [-0.3, -0.25) is 5.32 Å². The van der Waals surface area contributed by atoms with E-state index in [9.17, 15) is 9.59 Å². The summed E-state index contributed by atoms with van der Waals surface area (Å²) in [7, 11) is 1.50. The van der Waals surface area contributed by atoms with Gasteiger partial charge in [0, 0.05) is 18.9 Å². The number of anilines is 1. The fourth-order valence-electron chi connectivity index (χ4n) is 1.66. The number of aromatic nitrogens is 1. The summed E-state index contributed by atoms with van der Waals surface area (Å²) in [5.41, 5.74) is 0.590. The molecule has 21 heavy (non-hydrogen) atoms. The molecule has 2 N–H and O–H groups in total. The Morgan fingerprint density at radius 2 is 2.00 bits per heavy atom. The number of rotatable bonds is 5. The summed E-state index contributed by atoms with van der Waals surface area (Å²) in [6.45, 7) is 7.44. The van der Waals surface area contributed by atoms with Crippen LogP contribution < -0.4 is 5.32 Å². The molecule has 1 heterocycles. The molecule has 0 fully saturated rings. The minimum Gasteiger partial charge on any atom is -0.461 e. The van der Waals surface area contributed by atoms with Crippen LogP contribution in [-0.4, -0.2) is 36.4 Å². The molecule has 0 atom stereocenters. The number of hydrogen-bond acceptors (Lipinski definition) is 5. The quantitative estimate of drug-likeness (QED) is 0.816. The summed E-state index contributed by atoms with van der Waals surface area (Å²) in [5.74, 6) is -0.498. The van der Waals surface area contributed by atoms with Crippen molar-refractivity contribution in [2.45, 2.75) is 39.9 Å². The fraction of sp³-hybridized carbons (Fsp3) is 0.571. The SMILES string of the molecule is CCOC(=O)c1[nH]cc(NC(=O)OC(C)(C)C)c1COC. The Bertz CT molecular complexity index is 502. The standard InChI is InChI=1S/C14H22N2O5/c1-6-20-12(17)11-9(8-19-5)10(7-15-11)16-13(18)21-14(2,3)4/h7,15H,6,8H2,1-5H3,(H,16,18). The monoisotopic (exact) mass is 298 g/mol. The van der Waals surface area contributed by atoms with E-state index in [0.717, 1.165) is 0 Å². The van der Waals surface area contributed by atoms with E-state index in [0.29, 0.717) is 11.3 Å². The Morgan fingerprint density at radius 1 is 1.33 bits per heavy atom. The minimum atomic E-state index is -0.605. The van der Waals surface area contributed by atoms with E-state index < -0.39 is 17.7 Å². The maximum absolute atomic E-state index is 11.8. The molecule has 0 aliphatic rings. The van der Waals surface area contributed by atoms with Gasteiger partial charge >= 0.3 is 12.1 Å². The van der Waals surface area contributed by atoms with Crippen LogP contribution in [0.4, 0.5) is 10.5 Å². The topological polar surface area (TPSA) is 89.7 Å². The van der Waals surface area contributed by atoms with Crippen molar-refractivity contribution in [1.82, 2.24) is 4.98 Å². The Hall–Kier alpha value is -2.02. The first-order valence-electron chi connectivity index (χ1n) is 6.64. The summed E-state index contributed by atoms with van der Waals surface area (Å²) in [6, 6.07) is 0. The van der Waals surface area contributed by atoms with Gasteiger partial charge in [0.25, 0.3) is 0 Å². The minimum absolute atomic E-state index is 0.156. The molecule has 0 bridgehead atoms. The van der Waals surface area contributed by atoms with Crippen LogP contribution in [-0.2, 0) is 20.8 Å². The summed E-state index contributed by atoms with van der Waals surface area (Å²) >= 11 is 0. The second-order valence-electron chi connectivity index (χ2n) is 5.34. The number of carbonyl (C=O) groups is 2. The van der Waals surface area contributed by atoms with Gasteiger partial charge in [0.05, 0.1) is 18.9 Å². The van der Waals surface area contributed by atoms with Crippen LogP contribution in [0, 0.1) is 0 Å². The van der Waals surface area contributed by atoms with Crippen LogP contribution in [0.5, 0.6) is 0 Å². The van der Waals surface area contributed by atoms with E-state index in [2.05, 4.69) is 10.3 Å². The van der Waals surface area contributed by atoms with Crippen molar-refractivity contribution < 1.29 is 23.8 Å². The van der Waals surface area contributed by atoms with E-state index in [1.54, 1.807) is 27.7 Å². The van der Waals surface area contributed by atoms with Crippen LogP contribution in [0.15, 0.2) is 6.20 Å². The highest BCUT2D eigenvalue weighted by Gasteiger charge is 2.22. The number of ether oxygens (including phenoxy) is 3. The molecule has 0 aliphatic heterocycles. The van der Waals surface area contributed by atoms with Gasteiger partial charge in [-0.05, 0) is 27.7 Å². The number of methoxy groups -OCH3 is 1. The van der Waals surface area contributed by atoms with Crippen molar-refractivity contribution in [2.75, 3.05) is 19.0 Å². The Kier molecular flexibility index (Phi) is 5.78. The summed E-state index contributed by atoms with van der Waals surface area (Å²) in [4.78, 5) is 26.4. The lowest BCUT2D eigenvalue weighted by molar-refractivity contribution is 0.0514. The third-order valence-corrected chi connectivity index (χ3v) is 2.39. The van der Waals surface area contributed by atoms with Crippen LogP contribution in [0.3, 0.4) is 0 Å². The molecule has 0 saturated heterocycles. The van der Waals surface area contributed by atoms with E-state index in [1.807, 2.05) is 0 Å². The van der Waals surface area contributed by atoms with E-state index in [4.69, 9.17) is 14.2 Å². The molecule has 1 rings (SSSR count). The Balaban J connectivity index is 2.92. The molecule has 7 heteroatoms. The zero-order valence-electron chi connectivity index (χ0n) is 13.0. The molecule has 0 aliphatic carbocycles. The maximum atomic E-state index is 11.8. The first-order valence-corrected chi connectivity index (χ1v) is 6.64. The lowest BCUT2D eigenvalue weighted by Gasteiger charge is -2.19. The second kappa shape index (κ2) is 7.12. The average molecular weight is 298 g/mol. The number of hydrogen-bond donors (Lipinski definition) is 2. The van der Waals surface area contributed by atoms with E-state index >= 15 is 0 Å². The molecule has 0 saturated carbocycles. The normalized spacial score (nSPS) is 11.1. The summed E-state index contributed by atoms with van der Waals surface area (Å²) in [6.07, 6.45) is 0.902. The predicted octanol–water partition coefficient (Wildman–Crippen LogP) is 2.68. The van der Waals surface area contributed by atoms with Gasteiger partial charge in [0.15, 0.2) is 0 Å². The lowest BCUT2D eigenvalue weighted by Crippen LogP contribution is -2.27. The molecule has 0 spiro atoms. The molecule has 118 valence electrons. The molecule has 1 aromatic rings. The Morgan fingerprint density at radius 3 is 2.52 bits per heavy atom. The predicted molar refractivity (Wildman–Crippen MR) is 77.3 cm³/mol. The van der Waals surface area contributed by atoms with Crippen molar-refractivity contribution in [1.29, 1.82) is 0 Å². The third kappa shape index (κ3) is 5.11. The number of amides is 1. The maximum Gasteiger partial charge on any atom is 0.412 e. The summed E-state index contributed by atoms with van der Waals surface area (Å²) < 4.78 is 15.2. The zero-order valence-corrected chi connectivity index (χ0v) is 13.0. The van der Waals surface area contributed by atoms with Gasteiger partial charge in [-0.15, -0.1) is 0 Å². The average Bonchev–Trinajstić information content (AvgIpc) is 2.71. The molecule has 0 unspecified atom stereocenters. The summed E-state index contributed by atoms with van der Waals surface area (Å²) in [5, 5.41) is 2.59. The molecule has 7 nitrogen and oxygen atoms in total. The zero-order chi connectivity index (χ0) is 16.0. The fourth-order valence-corrected chi connectivity index (χ4v) is 1.66. The van der Waals surface area contributed by atoms with Crippen molar-refractivity contribution in [3.63, 3.8) is 0 Å². The lowest BCUT2D eigenvalue weighted by atomic mass is 10.2. The van der Waals surface area contributed by atoms with E-state index in [1.165, 1.54) is 13.3 Å². The van der Waals surface area contributed by atoms with Crippen LogP contribution in [0.25, 0.3) is 0 Å². The molecular weight excluding hydrogens is 276 g/mol. The van der Waals surface area contributed by atoms with Gasteiger partial charge in [-0.2, -0.15) is 0 Å². The van der Waals surface area contributed by atoms with Gasteiger partial charge in [-0.1, -0.05) is 0 Å². The number of esters is 1. The highest BCUT2D eigenvalue weighted by Crippen LogP contribution is 2.22. The number of H-pyrrole nitrogens is 1. The second-order valence-corrected chi connectivity index (χ2v) is 5.34. The van der Waals surface area contributed by atoms with Crippen molar-refractivity contribution >= 4 is 17.7 Å². The molecule has 0 radical (unpaired) electrons. The highest BCUT2D eigenvalue weighted by atomic mass is 16.6. The van der Waals surface area contributed by atoms with Gasteiger partial charge < -0.3 is 19.2 Å². The first kappa shape index (κ1) is 17.0. The molecule has 1 amide bonds. The first-order chi connectivity index (χ1) is 9.78. The number of carbonyl (C=O) groups excluding carboxylic acids is 2. The molecule has 1 aromatic heterocycles. The Labute approximate surface area is 124 Å². The largest absolute Gasteiger partial charge is 0.461 e. The number of nitrogens with one attached hydrogen (secondary N) is 2. The van der Waals surface area contributed by atoms with Gasteiger partial charge in [0.1, 0.15) is 11.3 Å². The molecule has 0 aromatic carbocycles. The van der Waals surface area contributed by atoms with Crippen LogP contribution >= 0.6 is 0 Å². The van der Waals surface area contributed by atoms with Crippen molar-refractivity contribution in [3.8, 4) is 0 Å². The molecular formula is C14H22N2O5. The van der Waals surface area contributed by atoms with Crippen molar-refractivity contribution in [3.05, 3.63) is 17.5 Å².